The molecule has 31 heavy (non-hydrogen) atoms. The Morgan fingerprint density at radius 1 is 1.13 bits per heavy atom. The summed E-state index contributed by atoms with van der Waals surface area (Å²) in [6.07, 6.45) is 0. The maximum atomic E-state index is 13.2. The predicted molar refractivity (Wildman–Crippen MR) is 117 cm³/mol. The molecule has 6 nitrogen and oxygen atoms in total. The molecule has 3 aromatic rings. The highest BCUT2D eigenvalue weighted by Gasteiger charge is 2.21. The van der Waals surface area contributed by atoms with Gasteiger partial charge in [-0.25, -0.2) is 9.07 Å². The Kier molecular flexibility index (Phi) is 6.65. The highest BCUT2D eigenvalue weighted by atomic mass is 35.5. The normalized spacial score (nSPS) is 14.5. The number of nitrogens with zero attached hydrogens (tertiary/aromatic N) is 3. The summed E-state index contributed by atoms with van der Waals surface area (Å²) < 4.78 is 20.1. The van der Waals surface area contributed by atoms with Gasteiger partial charge in [0, 0.05) is 26.2 Å². The van der Waals surface area contributed by atoms with Gasteiger partial charge in [-0.1, -0.05) is 35.9 Å². The SMILES string of the molecule is Cc1nn(-c2ccc(F)cc2)c(Cl)c1C(=O)NCc1ccccc1CN1CCOCC1. The van der Waals surface area contributed by atoms with Crippen LogP contribution >= 0.6 is 11.6 Å². The van der Waals surface area contributed by atoms with Crippen LogP contribution in [0, 0.1) is 12.7 Å². The van der Waals surface area contributed by atoms with E-state index in [0.717, 1.165) is 38.4 Å². The Balaban J connectivity index is 1.48. The van der Waals surface area contributed by atoms with E-state index in [9.17, 15) is 9.18 Å². The predicted octanol–water partition coefficient (Wildman–Crippen LogP) is 3.74. The monoisotopic (exact) mass is 442 g/mol. The van der Waals surface area contributed by atoms with Gasteiger partial charge in [-0.15, -0.1) is 0 Å². The van der Waals surface area contributed by atoms with Gasteiger partial charge < -0.3 is 10.1 Å². The average Bonchev–Trinajstić information content (AvgIpc) is 3.08. The minimum Gasteiger partial charge on any atom is -0.379 e. The number of ether oxygens (including phenoxy) is 1. The highest BCUT2D eigenvalue weighted by Crippen LogP contribution is 2.24. The number of halogens is 2. The second-order valence-corrected chi connectivity index (χ2v) is 7.84. The number of benzene rings is 2. The summed E-state index contributed by atoms with van der Waals surface area (Å²) in [5, 5.41) is 7.53. The Hall–Kier alpha value is -2.74. The van der Waals surface area contributed by atoms with E-state index in [1.54, 1.807) is 19.1 Å². The van der Waals surface area contributed by atoms with E-state index in [1.807, 2.05) is 18.2 Å². The van der Waals surface area contributed by atoms with Crippen LogP contribution in [0.2, 0.25) is 5.15 Å². The van der Waals surface area contributed by atoms with Gasteiger partial charge in [0.25, 0.3) is 5.91 Å². The first-order valence-electron chi connectivity index (χ1n) is 10.2. The Morgan fingerprint density at radius 3 is 2.52 bits per heavy atom. The molecule has 162 valence electrons. The van der Waals surface area contributed by atoms with E-state index < -0.39 is 0 Å². The number of aryl methyl sites for hydroxylation is 1. The summed E-state index contributed by atoms with van der Waals surface area (Å²) in [6, 6.07) is 13.9. The average molecular weight is 443 g/mol. The van der Waals surface area contributed by atoms with Crippen molar-refractivity contribution in [3.05, 3.63) is 81.9 Å². The molecule has 1 N–H and O–H groups in total. The molecule has 0 bridgehead atoms. The third-order valence-corrected chi connectivity index (χ3v) is 5.71. The first-order chi connectivity index (χ1) is 15.0. The third kappa shape index (κ3) is 4.95. The lowest BCUT2D eigenvalue weighted by Crippen LogP contribution is -2.36. The molecule has 8 heteroatoms. The van der Waals surface area contributed by atoms with Crippen molar-refractivity contribution >= 4 is 17.5 Å². The van der Waals surface area contributed by atoms with E-state index in [1.165, 1.54) is 22.4 Å². The van der Waals surface area contributed by atoms with Gasteiger partial charge in [-0.3, -0.25) is 9.69 Å². The van der Waals surface area contributed by atoms with Gasteiger partial charge in [0.15, 0.2) is 0 Å². The lowest BCUT2D eigenvalue weighted by Gasteiger charge is -2.27. The molecule has 1 saturated heterocycles. The summed E-state index contributed by atoms with van der Waals surface area (Å²) in [5.74, 6) is -0.644. The van der Waals surface area contributed by atoms with Crippen molar-refractivity contribution in [3.8, 4) is 5.69 Å². The topological polar surface area (TPSA) is 59.4 Å². The number of aromatic nitrogens is 2. The maximum Gasteiger partial charge on any atom is 0.256 e. The zero-order chi connectivity index (χ0) is 21.8. The summed E-state index contributed by atoms with van der Waals surface area (Å²) >= 11 is 6.47. The van der Waals surface area contributed by atoms with Crippen molar-refractivity contribution in [2.24, 2.45) is 0 Å². The van der Waals surface area contributed by atoms with Crippen LogP contribution in [0.1, 0.15) is 27.2 Å². The van der Waals surface area contributed by atoms with Crippen LogP contribution in [0.4, 0.5) is 4.39 Å². The molecule has 2 aromatic carbocycles. The standard InChI is InChI=1S/C23H24ClFN4O2/c1-16-21(22(24)29(27-16)20-8-6-19(25)7-9-20)23(30)26-14-17-4-2-3-5-18(17)15-28-10-12-31-13-11-28/h2-9H,10-15H2,1H3,(H,26,30). The van der Waals surface area contributed by atoms with E-state index in [2.05, 4.69) is 21.4 Å². The van der Waals surface area contributed by atoms with Gasteiger partial charge in [0.2, 0.25) is 0 Å². The van der Waals surface area contributed by atoms with Gasteiger partial charge in [0.1, 0.15) is 11.0 Å². The number of carbonyl (C=O) groups is 1. The third-order valence-electron chi connectivity index (χ3n) is 5.36. The van der Waals surface area contributed by atoms with Gasteiger partial charge in [-0.2, -0.15) is 5.10 Å². The second-order valence-electron chi connectivity index (χ2n) is 7.48. The number of nitrogens with one attached hydrogen (secondary N) is 1. The summed E-state index contributed by atoms with van der Waals surface area (Å²) in [4.78, 5) is 15.3. The molecular weight excluding hydrogens is 419 g/mol. The largest absolute Gasteiger partial charge is 0.379 e. The number of hydrogen-bond acceptors (Lipinski definition) is 4. The molecule has 2 heterocycles. The van der Waals surface area contributed by atoms with Crippen molar-refractivity contribution in [2.45, 2.75) is 20.0 Å². The number of hydrogen-bond donors (Lipinski definition) is 1. The number of rotatable bonds is 6. The van der Waals surface area contributed by atoms with Crippen molar-refractivity contribution in [1.29, 1.82) is 0 Å². The molecule has 1 aromatic heterocycles. The summed E-state index contributed by atoms with van der Waals surface area (Å²) in [7, 11) is 0. The lowest BCUT2D eigenvalue weighted by atomic mass is 10.1. The quantitative estimate of drug-likeness (QED) is 0.632. The van der Waals surface area contributed by atoms with E-state index in [4.69, 9.17) is 16.3 Å². The molecule has 0 aliphatic carbocycles. The van der Waals surface area contributed by atoms with Crippen LogP contribution in [0.5, 0.6) is 0 Å². The first-order valence-corrected chi connectivity index (χ1v) is 10.6. The number of amides is 1. The molecule has 1 amide bonds. The highest BCUT2D eigenvalue weighted by molar-refractivity contribution is 6.33. The zero-order valence-corrected chi connectivity index (χ0v) is 18.0. The minimum absolute atomic E-state index is 0.197. The minimum atomic E-state index is -0.350. The smallest absolute Gasteiger partial charge is 0.256 e. The lowest BCUT2D eigenvalue weighted by molar-refractivity contribution is 0.0340. The summed E-state index contributed by atoms with van der Waals surface area (Å²) in [6.45, 7) is 6.22. The first kappa shape index (κ1) is 21.5. The van der Waals surface area contributed by atoms with Crippen LogP contribution in [0.25, 0.3) is 5.69 Å². The maximum absolute atomic E-state index is 13.2. The van der Waals surface area contributed by atoms with E-state index in [-0.39, 0.29) is 16.9 Å². The van der Waals surface area contributed by atoms with Crippen LogP contribution in [0.3, 0.4) is 0 Å². The van der Waals surface area contributed by atoms with Crippen molar-refractivity contribution in [2.75, 3.05) is 26.3 Å². The molecule has 1 aliphatic heterocycles. The Bertz CT molecular complexity index is 1060. The molecule has 0 radical (unpaired) electrons. The van der Waals surface area contributed by atoms with Crippen LogP contribution in [-0.2, 0) is 17.8 Å². The van der Waals surface area contributed by atoms with Crippen LogP contribution < -0.4 is 5.32 Å². The van der Waals surface area contributed by atoms with Crippen molar-refractivity contribution < 1.29 is 13.9 Å². The molecule has 0 unspecified atom stereocenters. The van der Waals surface area contributed by atoms with Gasteiger partial charge >= 0.3 is 0 Å². The van der Waals surface area contributed by atoms with Crippen molar-refractivity contribution in [3.63, 3.8) is 0 Å². The molecule has 4 rings (SSSR count). The second kappa shape index (κ2) is 9.60. The van der Waals surface area contributed by atoms with Crippen LogP contribution in [-0.4, -0.2) is 46.9 Å². The van der Waals surface area contributed by atoms with E-state index in [0.29, 0.717) is 23.5 Å². The molecule has 1 fully saturated rings. The van der Waals surface area contributed by atoms with Crippen molar-refractivity contribution in [1.82, 2.24) is 20.0 Å². The molecular formula is C23H24ClFN4O2. The fraction of sp³-hybridized carbons (Fsp3) is 0.304. The molecule has 0 atom stereocenters. The number of carbonyl (C=O) groups excluding carboxylic acids is 1. The fourth-order valence-corrected chi connectivity index (χ4v) is 4.02. The fourth-order valence-electron chi connectivity index (χ4n) is 3.66. The van der Waals surface area contributed by atoms with Gasteiger partial charge in [-0.05, 0) is 42.3 Å². The van der Waals surface area contributed by atoms with E-state index >= 15 is 0 Å². The molecule has 0 saturated carbocycles. The zero-order valence-electron chi connectivity index (χ0n) is 17.3. The Morgan fingerprint density at radius 2 is 1.81 bits per heavy atom. The van der Waals surface area contributed by atoms with Crippen LogP contribution in [0.15, 0.2) is 48.5 Å². The van der Waals surface area contributed by atoms with Gasteiger partial charge in [0.05, 0.1) is 30.2 Å². The summed E-state index contributed by atoms with van der Waals surface area (Å²) in [5.41, 5.74) is 3.64. The number of morpholine rings is 1. The Labute approximate surface area is 185 Å². The molecule has 0 spiro atoms. The molecule has 1 aliphatic rings.